The van der Waals surface area contributed by atoms with Crippen molar-refractivity contribution in [2.24, 2.45) is 5.92 Å². The lowest BCUT2D eigenvalue weighted by atomic mass is 9.93. The van der Waals surface area contributed by atoms with Gasteiger partial charge in [-0.05, 0) is 41.7 Å². The molecule has 2 amide bonds. The number of amides is 2. The van der Waals surface area contributed by atoms with E-state index in [0.717, 1.165) is 25.1 Å². The third-order valence-electron chi connectivity index (χ3n) is 3.86. The van der Waals surface area contributed by atoms with Gasteiger partial charge in [-0.2, -0.15) is 0 Å². The van der Waals surface area contributed by atoms with Gasteiger partial charge >= 0.3 is 6.03 Å². The molecule has 0 aromatic heterocycles. The van der Waals surface area contributed by atoms with Crippen LogP contribution in [0.1, 0.15) is 77.3 Å². The zero-order valence-electron chi connectivity index (χ0n) is 15.0. The summed E-state index contributed by atoms with van der Waals surface area (Å²) in [6.07, 6.45) is 2.16. The molecule has 3 heteroatoms. The number of nitrogens with one attached hydrogen (secondary N) is 2. The molecular weight excluding hydrogens is 272 g/mol. The first-order chi connectivity index (χ1) is 10.3. The summed E-state index contributed by atoms with van der Waals surface area (Å²) >= 11 is 0. The lowest BCUT2D eigenvalue weighted by Gasteiger charge is -2.20. The smallest absolute Gasteiger partial charge is 0.319 e. The van der Waals surface area contributed by atoms with Gasteiger partial charge in [-0.3, -0.25) is 0 Å². The molecule has 0 bridgehead atoms. The van der Waals surface area contributed by atoms with Crippen molar-refractivity contribution < 1.29 is 4.79 Å². The van der Waals surface area contributed by atoms with Crippen molar-refractivity contribution in [1.29, 1.82) is 0 Å². The van der Waals surface area contributed by atoms with Gasteiger partial charge in [-0.1, -0.05) is 59.7 Å². The maximum Gasteiger partial charge on any atom is 0.319 e. The maximum atomic E-state index is 12.2. The second-order valence-electron chi connectivity index (χ2n) is 7.04. The summed E-state index contributed by atoms with van der Waals surface area (Å²) in [5.41, 5.74) is 3.38. The fourth-order valence-electron chi connectivity index (χ4n) is 2.57. The molecule has 22 heavy (non-hydrogen) atoms. The topological polar surface area (TPSA) is 41.1 Å². The molecule has 0 saturated heterocycles. The van der Waals surface area contributed by atoms with E-state index in [4.69, 9.17) is 0 Å². The van der Waals surface area contributed by atoms with Gasteiger partial charge in [0.15, 0.2) is 0 Å². The van der Waals surface area contributed by atoms with Crippen LogP contribution in [0.25, 0.3) is 0 Å². The van der Waals surface area contributed by atoms with E-state index in [9.17, 15) is 4.79 Å². The Balaban J connectivity index is 2.76. The highest BCUT2D eigenvalue weighted by molar-refractivity contribution is 5.91. The van der Waals surface area contributed by atoms with E-state index < -0.39 is 0 Å². The summed E-state index contributed by atoms with van der Waals surface area (Å²) in [6.45, 7) is 13.8. The third kappa shape index (κ3) is 5.70. The first-order valence-corrected chi connectivity index (χ1v) is 8.50. The van der Waals surface area contributed by atoms with Crippen LogP contribution in [0.15, 0.2) is 18.2 Å². The minimum absolute atomic E-state index is 0.0984. The molecule has 0 saturated carbocycles. The van der Waals surface area contributed by atoms with Gasteiger partial charge in [0.25, 0.3) is 0 Å². The number of anilines is 1. The van der Waals surface area contributed by atoms with Crippen LogP contribution >= 0.6 is 0 Å². The highest BCUT2D eigenvalue weighted by Crippen LogP contribution is 2.32. The summed E-state index contributed by atoms with van der Waals surface area (Å²) in [7, 11) is 0. The number of benzene rings is 1. The second-order valence-corrected chi connectivity index (χ2v) is 7.04. The van der Waals surface area contributed by atoms with E-state index in [1.165, 1.54) is 11.1 Å². The van der Waals surface area contributed by atoms with Crippen molar-refractivity contribution in [3.8, 4) is 0 Å². The van der Waals surface area contributed by atoms with Crippen LogP contribution in [0.2, 0.25) is 0 Å². The van der Waals surface area contributed by atoms with Crippen LogP contribution in [-0.2, 0) is 0 Å². The summed E-state index contributed by atoms with van der Waals surface area (Å²) < 4.78 is 0. The molecule has 0 fully saturated rings. The van der Waals surface area contributed by atoms with Crippen LogP contribution in [-0.4, -0.2) is 12.6 Å². The van der Waals surface area contributed by atoms with E-state index in [-0.39, 0.29) is 6.03 Å². The van der Waals surface area contributed by atoms with Crippen molar-refractivity contribution in [2.45, 2.75) is 66.2 Å². The van der Waals surface area contributed by atoms with E-state index in [2.05, 4.69) is 70.4 Å². The number of para-hydroxylation sites is 1. The molecule has 0 aliphatic carbocycles. The van der Waals surface area contributed by atoms with E-state index >= 15 is 0 Å². The Morgan fingerprint density at radius 2 is 1.55 bits per heavy atom. The molecule has 0 aliphatic heterocycles. The Morgan fingerprint density at radius 3 is 2.00 bits per heavy atom. The molecule has 0 unspecified atom stereocenters. The van der Waals surface area contributed by atoms with Crippen molar-refractivity contribution >= 4 is 11.7 Å². The molecule has 0 spiro atoms. The number of carbonyl (C=O) groups excluding carboxylic acids is 1. The minimum Gasteiger partial charge on any atom is -0.338 e. The van der Waals surface area contributed by atoms with Crippen molar-refractivity contribution in [1.82, 2.24) is 5.32 Å². The van der Waals surface area contributed by atoms with Gasteiger partial charge in [0.2, 0.25) is 0 Å². The molecule has 0 aliphatic rings. The zero-order valence-corrected chi connectivity index (χ0v) is 15.0. The third-order valence-corrected chi connectivity index (χ3v) is 3.86. The number of hydrogen-bond donors (Lipinski definition) is 2. The Bertz CT molecular complexity index is 452. The highest BCUT2D eigenvalue weighted by atomic mass is 16.2. The SMILES string of the molecule is CC(C)CCCNC(=O)Nc1c(C(C)C)cccc1C(C)C. The quantitative estimate of drug-likeness (QED) is 0.642. The summed E-state index contributed by atoms with van der Waals surface area (Å²) in [5, 5.41) is 6.05. The fraction of sp³-hybridized carbons (Fsp3) is 0.632. The normalized spacial score (nSPS) is 11.3. The second kappa shape index (κ2) is 8.82. The molecule has 1 rings (SSSR count). The molecule has 1 aromatic carbocycles. The zero-order chi connectivity index (χ0) is 16.7. The van der Waals surface area contributed by atoms with E-state index in [1.807, 2.05) is 0 Å². The number of carbonyl (C=O) groups is 1. The van der Waals surface area contributed by atoms with Crippen LogP contribution in [0.5, 0.6) is 0 Å². The minimum atomic E-state index is -0.0984. The lowest BCUT2D eigenvalue weighted by Crippen LogP contribution is -2.30. The Morgan fingerprint density at radius 1 is 1.00 bits per heavy atom. The van der Waals surface area contributed by atoms with Crippen molar-refractivity contribution in [3.63, 3.8) is 0 Å². The predicted molar refractivity (Wildman–Crippen MR) is 95.7 cm³/mol. The summed E-state index contributed by atoms with van der Waals surface area (Å²) in [6, 6.07) is 6.19. The Labute approximate surface area is 135 Å². The lowest BCUT2D eigenvalue weighted by molar-refractivity contribution is 0.251. The average molecular weight is 304 g/mol. The van der Waals surface area contributed by atoms with Gasteiger partial charge in [-0.25, -0.2) is 4.79 Å². The fourth-order valence-corrected chi connectivity index (χ4v) is 2.57. The predicted octanol–water partition coefficient (Wildman–Crippen LogP) is 5.49. The molecule has 124 valence electrons. The van der Waals surface area contributed by atoms with Crippen LogP contribution in [0.4, 0.5) is 10.5 Å². The van der Waals surface area contributed by atoms with Gasteiger partial charge in [0.05, 0.1) is 0 Å². The standard InChI is InChI=1S/C19H32N2O/c1-13(2)9-8-12-20-19(22)21-18-16(14(3)4)10-7-11-17(18)15(5)6/h7,10-11,13-15H,8-9,12H2,1-6H3,(H2,20,21,22). The monoisotopic (exact) mass is 304 g/mol. The molecule has 0 atom stereocenters. The molecule has 2 N–H and O–H groups in total. The average Bonchev–Trinajstić information content (AvgIpc) is 2.43. The van der Waals surface area contributed by atoms with E-state index in [0.29, 0.717) is 17.8 Å². The van der Waals surface area contributed by atoms with Gasteiger partial charge < -0.3 is 10.6 Å². The Hall–Kier alpha value is -1.51. The molecule has 3 nitrogen and oxygen atoms in total. The maximum absolute atomic E-state index is 12.2. The summed E-state index contributed by atoms with van der Waals surface area (Å²) in [4.78, 5) is 12.2. The number of rotatable bonds is 7. The Kier molecular flexibility index (Phi) is 7.43. The molecule has 1 aromatic rings. The molecule has 0 radical (unpaired) electrons. The molecular formula is C19H32N2O. The van der Waals surface area contributed by atoms with Gasteiger partial charge in [-0.15, -0.1) is 0 Å². The first-order valence-electron chi connectivity index (χ1n) is 8.50. The number of hydrogen-bond acceptors (Lipinski definition) is 1. The van der Waals surface area contributed by atoms with Crippen LogP contribution in [0.3, 0.4) is 0 Å². The summed E-state index contributed by atoms with van der Waals surface area (Å²) in [5.74, 6) is 1.45. The van der Waals surface area contributed by atoms with Gasteiger partial charge in [0.1, 0.15) is 0 Å². The van der Waals surface area contributed by atoms with E-state index in [1.54, 1.807) is 0 Å². The molecule has 0 heterocycles. The van der Waals surface area contributed by atoms with Gasteiger partial charge in [0, 0.05) is 12.2 Å². The van der Waals surface area contributed by atoms with Crippen LogP contribution in [0, 0.1) is 5.92 Å². The van der Waals surface area contributed by atoms with Crippen molar-refractivity contribution in [3.05, 3.63) is 29.3 Å². The van der Waals surface area contributed by atoms with Crippen LogP contribution < -0.4 is 10.6 Å². The number of urea groups is 1. The largest absolute Gasteiger partial charge is 0.338 e. The first kappa shape index (κ1) is 18.5. The highest BCUT2D eigenvalue weighted by Gasteiger charge is 2.15. The van der Waals surface area contributed by atoms with Crippen molar-refractivity contribution in [2.75, 3.05) is 11.9 Å².